The summed E-state index contributed by atoms with van der Waals surface area (Å²) in [5, 5.41) is 7.00. The van der Waals surface area contributed by atoms with E-state index in [1.54, 1.807) is 0 Å². The van der Waals surface area contributed by atoms with E-state index in [1.165, 1.54) is 38.4 Å². The lowest BCUT2D eigenvalue weighted by atomic mass is 9.93. The van der Waals surface area contributed by atoms with Gasteiger partial charge in [0.05, 0.1) is 5.69 Å². The summed E-state index contributed by atoms with van der Waals surface area (Å²) in [6, 6.07) is 71.3. The van der Waals surface area contributed by atoms with E-state index in [1.807, 2.05) is 0 Å². The molecule has 1 aromatic heterocycles. The average Bonchev–Trinajstić information content (AvgIpc) is 3.64. The van der Waals surface area contributed by atoms with Gasteiger partial charge in [-0.3, -0.25) is 0 Å². The molecule has 9 aromatic carbocycles. The molecule has 2 heteroatoms. The van der Waals surface area contributed by atoms with Crippen molar-refractivity contribution in [1.29, 1.82) is 0 Å². The molecule has 0 atom stereocenters. The number of anilines is 3. The zero-order valence-electron chi connectivity index (χ0n) is 28.4. The van der Waals surface area contributed by atoms with Gasteiger partial charge in [0.15, 0.2) is 5.58 Å². The molecule has 0 saturated carbocycles. The van der Waals surface area contributed by atoms with Gasteiger partial charge in [0.25, 0.3) is 0 Å². The summed E-state index contributed by atoms with van der Waals surface area (Å²) in [4.78, 5) is 2.33. The van der Waals surface area contributed by atoms with Crippen molar-refractivity contribution in [2.24, 2.45) is 0 Å². The highest BCUT2D eigenvalue weighted by Crippen LogP contribution is 2.49. The molecule has 0 aliphatic carbocycles. The first-order chi connectivity index (χ1) is 25.8. The summed E-state index contributed by atoms with van der Waals surface area (Å²) in [6.07, 6.45) is 0. The summed E-state index contributed by atoms with van der Waals surface area (Å²) in [6.45, 7) is 0. The maximum absolute atomic E-state index is 7.19. The lowest BCUT2D eigenvalue weighted by Gasteiger charge is -2.26. The van der Waals surface area contributed by atoms with Gasteiger partial charge < -0.3 is 9.32 Å². The number of rotatable bonds is 6. The highest BCUT2D eigenvalue weighted by molar-refractivity contribution is 6.33. The first-order valence-electron chi connectivity index (χ1n) is 17.8. The second kappa shape index (κ2) is 12.5. The third-order valence-electron chi connectivity index (χ3n) is 10.3. The van der Waals surface area contributed by atoms with E-state index < -0.39 is 0 Å². The maximum Gasteiger partial charge on any atom is 0.160 e. The third kappa shape index (κ3) is 4.96. The third-order valence-corrected chi connectivity index (χ3v) is 10.3. The zero-order chi connectivity index (χ0) is 34.4. The van der Waals surface area contributed by atoms with Crippen molar-refractivity contribution in [1.82, 2.24) is 0 Å². The van der Waals surface area contributed by atoms with Crippen LogP contribution < -0.4 is 4.90 Å². The fourth-order valence-corrected chi connectivity index (χ4v) is 7.82. The Morgan fingerprint density at radius 1 is 0.288 bits per heavy atom. The van der Waals surface area contributed by atoms with Crippen LogP contribution in [-0.4, -0.2) is 0 Å². The summed E-state index contributed by atoms with van der Waals surface area (Å²) in [5.74, 6) is 0. The molecule has 10 rings (SSSR count). The molecular formula is C50H33NO. The van der Waals surface area contributed by atoms with Crippen LogP contribution in [0.25, 0.3) is 76.9 Å². The minimum Gasteiger partial charge on any atom is -0.453 e. The lowest BCUT2D eigenvalue weighted by molar-refractivity contribution is 0.673. The smallest absolute Gasteiger partial charge is 0.160 e. The van der Waals surface area contributed by atoms with Crippen LogP contribution in [-0.2, 0) is 0 Å². The van der Waals surface area contributed by atoms with Gasteiger partial charge in [-0.2, -0.15) is 0 Å². The highest BCUT2D eigenvalue weighted by atomic mass is 16.3. The Morgan fingerprint density at radius 2 is 0.731 bits per heavy atom. The van der Waals surface area contributed by atoms with Crippen molar-refractivity contribution in [2.75, 3.05) is 4.90 Å². The molecule has 0 N–H and O–H groups in total. The number of benzene rings is 9. The molecule has 0 spiro atoms. The molecule has 10 aromatic rings. The van der Waals surface area contributed by atoms with Crippen LogP contribution >= 0.6 is 0 Å². The Labute approximate surface area is 302 Å². The van der Waals surface area contributed by atoms with Gasteiger partial charge >= 0.3 is 0 Å². The Bertz CT molecular complexity index is 2860. The summed E-state index contributed by atoms with van der Waals surface area (Å²) < 4.78 is 7.19. The van der Waals surface area contributed by atoms with Crippen LogP contribution in [0.15, 0.2) is 205 Å². The van der Waals surface area contributed by atoms with Crippen LogP contribution in [0.5, 0.6) is 0 Å². The lowest BCUT2D eigenvalue weighted by Crippen LogP contribution is -2.10. The van der Waals surface area contributed by atoms with Crippen LogP contribution in [0, 0.1) is 0 Å². The minimum absolute atomic E-state index is 0.863. The monoisotopic (exact) mass is 663 g/mol. The van der Waals surface area contributed by atoms with Crippen molar-refractivity contribution in [3.63, 3.8) is 0 Å². The van der Waals surface area contributed by atoms with Gasteiger partial charge in [-0.05, 0) is 79.9 Å². The van der Waals surface area contributed by atoms with Crippen molar-refractivity contribution in [2.45, 2.75) is 0 Å². The van der Waals surface area contributed by atoms with E-state index in [4.69, 9.17) is 4.42 Å². The Kier molecular flexibility index (Phi) is 7.18. The molecule has 2 nitrogen and oxygen atoms in total. The Morgan fingerprint density at radius 3 is 1.35 bits per heavy atom. The van der Waals surface area contributed by atoms with Gasteiger partial charge in [0.2, 0.25) is 0 Å². The van der Waals surface area contributed by atoms with Gasteiger partial charge in [-0.15, -0.1) is 0 Å². The second-order valence-corrected chi connectivity index (χ2v) is 13.3. The number of hydrogen-bond acceptors (Lipinski definition) is 2. The first kappa shape index (κ1) is 30.0. The Balaban J connectivity index is 1.19. The standard InChI is InChI=1S/C50H33NO/c1-4-14-34(15-5-1)35-24-26-36(27-25-35)37-28-30-40(31-29-37)51(39-18-8-3-9-19-39)46-33-32-41(38-16-6-2-7-17-38)47-48-44-22-12-10-20-42(44)43-21-11-13-23-45(43)49(48)52-50(46)47/h1-33H. The van der Waals surface area contributed by atoms with Crippen molar-refractivity contribution in [3.8, 4) is 33.4 Å². The molecule has 0 radical (unpaired) electrons. The molecule has 244 valence electrons. The predicted molar refractivity (Wildman–Crippen MR) is 220 cm³/mol. The highest BCUT2D eigenvalue weighted by Gasteiger charge is 2.24. The van der Waals surface area contributed by atoms with Crippen molar-refractivity contribution in [3.05, 3.63) is 200 Å². The van der Waals surface area contributed by atoms with E-state index in [-0.39, 0.29) is 0 Å². The number of para-hydroxylation sites is 1. The fraction of sp³-hybridized carbons (Fsp3) is 0. The van der Waals surface area contributed by atoms with Crippen LogP contribution in [0.2, 0.25) is 0 Å². The summed E-state index contributed by atoms with van der Waals surface area (Å²) >= 11 is 0. The van der Waals surface area contributed by atoms with E-state index in [0.29, 0.717) is 0 Å². The van der Waals surface area contributed by atoms with Crippen molar-refractivity contribution < 1.29 is 4.42 Å². The largest absolute Gasteiger partial charge is 0.453 e. The number of nitrogens with zero attached hydrogens (tertiary/aromatic N) is 1. The normalized spacial score (nSPS) is 11.5. The molecule has 52 heavy (non-hydrogen) atoms. The minimum atomic E-state index is 0.863. The maximum atomic E-state index is 7.19. The van der Waals surface area contributed by atoms with E-state index >= 15 is 0 Å². The predicted octanol–water partition coefficient (Wildman–Crippen LogP) is 14.4. The second-order valence-electron chi connectivity index (χ2n) is 13.3. The topological polar surface area (TPSA) is 16.4 Å². The quantitative estimate of drug-likeness (QED) is 0.165. The fourth-order valence-electron chi connectivity index (χ4n) is 7.82. The van der Waals surface area contributed by atoms with E-state index in [2.05, 4.69) is 205 Å². The SMILES string of the molecule is c1ccc(-c2ccc(-c3ccc(N(c4ccccc4)c4ccc(-c5ccccc5)c5c4oc4c6ccccc6c6ccccc6c45)cc3)cc2)cc1. The average molecular weight is 664 g/mol. The molecule has 0 saturated heterocycles. The Hall–Kier alpha value is -6.90. The number of hydrogen-bond donors (Lipinski definition) is 0. The van der Waals surface area contributed by atoms with E-state index in [9.17, 15) is 0 Å². The number of furan rings is 1. The van der Waals surface area contributed by atoms with Gasteiger partial charge in [0.1, 0.15) is 5.58 Å². The first-order valence-corrected chi connectivity index (χ1v) is 17.8. The van der Waals surface area contributed by atoms with Crippen LogP contribution in [0.3, 0.4) is 0 Å². The molecule has 0 amide bonds. The van der Waals surface area contributed by atoms with Gasteiger partial charge in [-0.1, -0.05) is 170 Å². The number of fused-ring (bicyclic) bond motifs is 8. The van der Waals surface area contributed by atoms with Crippen molar-refractivity contribution >= 4 is 60.5 Å². The molecule has 0 bridgehead atoms. The van der Waals surface area contributed by atoms with Crippen LogP contribution in [0.4, 0.5) is 17.1 Å². The van der Waals surface area contributed by atoms with Gasteiger partial charge in [0, 0.05) is 27.5 Å². The summed E-state index contributed by atoms with van der Waals surface area (Å²) in [5.41, 5.74) is 12.0. The zero-order valence-corrected chi connectivity index (χ0v) is 28.4. The van der Waals surface area contributed by atoms with Crippen LogP contribution in [0.1, 0.15) is 0 Å². The van der Waals surface area contributed by atoms with E-state index in [0.717, 1.165) is 55.5 Å². The molecule has 1 heterocycles. The molecule has 0 aliphatic heterocycles. The molecule has 0 fully saturated rings. The molecular weight excluding hydrogens is 631 g/mol. The molecule has 0 aliphatic rings. The summed E-state index contributed by atoms with van der Waals surface area (Å²) in [7, 11) is 0. The molecule has 0 unspecified atom stereocenters. The van der Waals surface area contributed by atoms with Gasteiger partial charge in [-0.25, -0.2) is 0 Å².